The molecule has 0 atom stereocenters. The zero-order valence-electron chi connectivity index (χ0n) is 14.2. The standard InChI is InChI=1S/C19H16F3N3O2/c1-13(7-8-14-5-3-2-4-6-14)24-25-18(27)17(26)23-16-11-9-15(10-12-16)19(20,21)22/h2-12H,1H3,(H,23,26)(H,25,27). The lowest BCUT2D eigenvalue weighted by molar-refractivity contribution is -0.137. The molecule has 0 spiro atoms. The topological polar surface area (TPSA) is 70.6 Å². The number of nitrogens with zero attached hydrogens (tertiary/aromatic N) is 1. The summed E-state index contributed by atoms with van der Waals surface area (Å²) in [4.78, 5) is 23.5. The molecular weight excluding hydrogens is 359 g/mol. The number of alkyl halides is 3. The van der Waals surface area contributed by atoms with Gasteiger partial charge in [0.1, 0.15) is 0 Å². The normalized spacial score (nSPS) is 12.1. The summed E-state index contributed by atoms with van der Waals surface area (Å²) >= 11 is 0. The monoisotopic (exact) mass is 375 g/mol. The van der Waals surface area contributed by atoms with Gasteiger partial charge < -0.3 is 5.32 Å². The second-order valence-corrected chi connectivity index (χ2v) is 5.47. The van der Waals surface area contributed by atoms with Gasteiger partial charge in [0.25, 0.3) is 0 Å². The van der Waals surface area contributed by atoms with E-state index in [0.717, 1.165) is 29.8 Å². The predicted octanol–water partition coefficient (Wildman–Crippen LogP) is 3.85. The van der Waals surface area contributed by atoms with Crippen molar-refractivity contribution >= 4 is 29.3 Å². The lowest BCUT2D eigenvalue weighted by Gasteiger charge is -2.08. The summed E-state index contributed by atoms with van der Waals surface area (Å²) in [6, 6.07) is 13.1. The van der Waals surface area contributed by atoms with Crippen LogP contribution in [0.1, 0.15) is 18.1 Å². The number of halogens is 3. The summed E-state index contributed by atoms with van der Waals surface area (Å²) < 4.78 is 37.5. The van der Waals surface area contributed by atoms with E-state index >= 15 is 0 Å². The number of rotatable bonds is 4. The van der Waals surface area contributed by atoms with E-state index < -0.39 is 23.6 Å². The SMILES string of the molecule is CC(C=Cc1ccccc1)=NNC(=O)C(=O)Nc1ccc(C(F)(F)F)cc1. The highest BCUT2D eigenvalue weighted by Gasteiger charge is 2.30. The number of carbonyl (C=O) groups is 2. The van der Waals surface area contributed by atoms with E-state index in [1.165, 1.54) is 0 Å². The molecule has 0 radical (unpaired) electrons. The smallest absolute Gasteiger partial charge is 0.318 e. The molecule has 27 heavy (non-hydrogen) atoms. The molecule has 2 amide bonds. The Morgan fingerprint density at radius 2 is 1.59 bits per heavy atom. The van der Waals surface area contributed by atoms with Crippen LogP contribution in [0.4, 0.5) is 18.9 Å². The first kappa shape index (κ1) is 19.9. The van der Waals surface area contributed by atoms with Crippen LogP contribution in [0.5, 0.6) is 0 Å². The van der Waals surface area contributed by atoms with Crippen molar-refractivity contribution < 1.29 is 22.8 Å². The van der Waals surface area contributed by atoms with Crippen LogP contribution in [0.15, 0.2) is 65.8 Å². The van der Waals surface area contributed by atoms with Crippen molar-refractivity contribution in [2.75, 3.05) is 5.32 Å². The number of hydrazone groups is 1. The Bertz CT molecular complexity index is 858. The van der Waals surface area contributed by atoms with Gasteiger partial charge in [0.2, 0.25) is 0 Å². The molecule has 2 aromatic carbocycles. The van der Waals surface area contributed by atoms with Gasteiger partial charge in [-0.15, -0.1) is 0 Å². The minimum Gasteiger partial charge on any atom is -0.318 e. The first-order chi connectivity index (χ1) is 12.8. The van der Waals surface area contributed by atoms with Crippen molar-refractivity contribution in [2.45, 2.75) is 13.1 Å². The Hall–Kier alpha value is -3.42. The van der Waals surface area contributed by atoms with Gasteiger partial charge in [0, 0.05) is 5.69 Å². The number of hydrogen-bond donors (Lipinski definition) is 2. The number of allylic oxidation sites excluding steroid dienone is 1. The Labute approximate surface area is 153 Å². The Balaban J connectivity index is 1.89. The maximum absolute atomic E-state index is 12.5. The van der Waals surface area contributed by atoms with Crippen LogP contribution in [0.2, 0.25) is 0 Å². The molecule has 0 saturated carbocycles. The van der Waals surface area contributed by atoms with Crippen LogP contribution in [-0.2, 0) is 15.8 Å². The van der Waals surface area contributed by atoms with Crippen LogP contribution in [0, 0.1) is 0 Å². The predicted molar refractivity (Wildman–Crippen MR) is 96.8 cm³/mol. The average Bonchev–Trinajstić information content (AvgIpc) is 2.65. The quantitative estimate of drug-likeness (QED) is 0.484. The second-order valence-electron chi connectivity index (χ2n) is 5.47. The highest BCUT2D eigenvalue weighted by molar-refractivity contribution is 6.39. The van der Waals surface area contributed by atoms with Gasteiger partial charge in [-0.3, -0.25) is 9.59 Å². The Morgan fingerprint density at radius 3 is 2.19 bits per heavy atom. The summed E-state index contributed by atoms with van der Waals surface area (Å²) in [5, 5.41) is 5.97. The molecule has 8 heteroatoms. The van der Waals surface area contributed by atoms with E-state index in [2.05, 4.69) is 15.8 Å². The zero-order chi connectivity index (χ0) is 19.9. The van der Waals surface area contributed by atoms with E-state index in [0.29, 0.717) is 5.71 Å². The summed E-state index contributed by atoms with van der Waals surface area (Å²) in [6.07, 6.45) is -1.03. The first-order valence-corrected chi connectivity index (χ1v) is 7.82. The summed E-state index contributed by atoms with van der Waals surface area (Å²) in [6.45, 7) is 1.63. The molecule has 2 aromatic rings. The van der Waals surface area contributed by atoms with Crippen LogP contribution < -0.4 is 10.7 Å². The van der Waals surface area contributed by atoms with Crippen molar-refractivity contribution in [3.63, 3.8) is 0 Å². The van der Waals surface area contributed by atoms with E-state index in [-0.39, 0.29) is 5.69 Å². The molecule has 0 aliphatic rings. The van der Waals surface area contributed by atoms with Crippen molar-refractivity contribution in [3.8, 4) is 0 Å². The molecule has 5 nitrogen and oxygen atoms in total. The lowest BCUT2D eigenvalue weighted by atomic mass is 10.2. The van der Waals surface area contributed by atoms with E-state index in [9.17, 15) is 22.8 Å². The first-order valence-electron chi connectivity index (χ1n) is 7.82. The summed E-state index contributed by atoms with van der Waals surface area (Å²) in [5.41, 5.74) is 2.69. The molecule has 0 heterocycles. The molecule has 0 fully saturated rings. The molecule has 2 rings (SSSR count). The van der Waals surface area contributed by atoms with Crippen LogP contribution in [-0.4, -0.2) is 17.5 Å². The highest BCUT2D eigenvalue weighted by atomic mass is 19.4. The van der Waals surface area contributed by atoms with E-state index in [4.69, 9.17) is 0 Å². The third kappa shape index (κ3) is 6.43. The van der Waals surface area contributed by atoms with Crippen molar-refractivity contribution in [2.24, 2.45) is 5.10 Å². The van der Waals surface area contributed by atoms with Crippen molar-refractivity contribution in [3.05, 3.63) is 71.8 Å². The average molecular weight is 375 g/mol. The fourth-order valence-corrected chi connectivity index (χ4v) is 1.94. The second kappa shape index (κ2) is 8.79. The van der Waals surface area contributed by atoms with Crippen LogP contribution in [0.25, 0.3) is 6.08 Å². The van der Waals surface area contributed by atoms with Gasteiger partial charge in [-0.2, -0.15) is 18.3 Å². The van der Waals surface area contributed by atoms with Gasteiger partial charge in [-0.25, -0.2) is 5.43 Å². The third-order valence-corrected chi connectivity index (χ3v) is 3.33. The van der Waals surface area contributed by atoms with Gasteiger partial charge in [-0.1, -0.05) is 36.4 Å². The zero-order valence-corrected chi connectivity index (χ0v) is 14.2. The number of hydrogen-bond acceptors (Lipinski definition) is 3. The highest BCUT2D eigenvalue weighted by Crippen LogP contribution is 2.29. The fourth-order valence-electron chi connectivity index (χ4n) is 1.94. The summed E-state index contributed by atoms with van der Waals surface area (Å²) in [7, 11) is 0. The Morgan fingerprint density at radius 1 is 0.963 bits per heavy atom. The van der Waals surface area contributed by atoms with Crippen LogP contribution >= 0.6 is 0 Å². The molecular formula is C19H16F3N3O2. The van der Waals surface area contributed by atoms with Crippen molar-refractivity contribution in [1.82, 2.24) is 5.43 Å². The molecule has 0 saturated heterocycles. The van der Waals surface area contributed by atoms with Crippen molar-refractivity contribution in [1.29, 1.82) is 0 Å². The minimum atomic E-state index is -4.47. The van der Waals surface area contributed by atoms with E-state index in [1.54, 1.807) is 19.1 Å². The number of carbonyl (C=O) groups excluding carboxylic acids is 2. The lowest BCUT2D eigenvalue weighted by Crippen LogP contribution is -2.32. The molecule has 2 N–H and O–H groups in total. The maximum atomic E-state index is 12.5. The number of anilines is 1. The van der Waals surface area contributed by atoms with Gasteiger partial charge >= 0.3 is 18.0 Å². The molecule has 140 valence electrons. The largest absolute Gasteiger partial charge is 0.416 e. The summed E-state index contributed by atoms with van der Waals surface area (Å²) in [5.74, 6) is -2.08. The molecule has 0 aromatic heterocycles. The molecule has 0 unspecified atom stereocenters. The third-order valence-electron chi connectivity index (χ3n) is 3.33. The number of nitrogens with one attached hydrogen (secondary N) is 2. The maximum Gasteiger partial charge on any atom is 0.416 e. The molecule has 0 aliphatic carbocycles. The fraction of sp³-hybridized carbons (Fsp3) is 0.105. The number of amides is 2. The van der Waals surface area contributed by atoms with E-state index in [1.807, 2.05) is 30.3 Å². The van der Waals surface area contributed by atoms with Crippen LogP contribution in [0.3, 0.4) is 0 Å². The molecule has 0 aliphatic heterocycles. The number of benzene rings is 2. The van der Waals surface area contributed by atoms with Gasteiger partial charge in [0.05, 0.1) is 11.3 Å². The minimum absolute atomic E-state index is 0.0628. The Kier molecular flexibility index (Phi) is 6.48. The van der Waals surface area contributed by atoms with Gasteiger partial charge in [0.15, 0.2) is 0 Å². The van der Waals surface area contributed by atoms with Gasteiger partial charge in [-0.05, 0) is 42.8 Å². The molecule has 0 bridgehead atoms.